The summed E-state index contributed by atoms with van der Waals surface area (Å²) in [6, 6.07) is 45.1. The molecule has 0 atom stereocenters. The first-order valence-electron chi connectivity index (χ1n) is 13.3. The normalized spacial score (nSPS) is 11.6. The zero-order chi connectivity index (χ0) is 26.7. The number of rotatable bonds is 7. The van der Waals surface area contributed by atoms with Gasteiger partial charge in [0.25, 0.3) is 17.4 Å². The lowest BCUT2D eigenvalue weighted by Gasteiger charge is -2.37. The maximum absolute atomic E-state index is 7.81. The van der Waals surface area contributed by atoms with E-state index in [0.717, 1.165) is 0 Å². The van der Waals surface area contributed by atoms with Crippen molar-refractivity contribution in [2.24, 2.45) is 0 Å². The Morgan fingerprint density at radius 2 is 0.605 bits per heavy atom. The van der Waals surface area contributed by atoms with Crippen LogP contribution in [0, 0.1) is 34.6 Å². The Labute approximate surface area is 230 Å². The number of hydrogen-bond acceptors (Lipinski definition) is 1. The molecule has 0 aliphatic heterocycles. The van der Waals surface area contributed by atoms with Crippen LogP contribution in [0.1, 0.15) is 27.8 Å². The van der Waals surface area contributed by atoms with Gasteiger partial charge in [0.2, 0.25) is 0 Å². The second kappa shape index (κ2) is 11.1. The molecule has 189 valence electrons. The van der Waals surface area contributed by atoms with Crippen LogP contribution in [0.5, 0.6) is 0 Å². The standard InChI is InChI=1S/C35H35OSi2/c1-26-6-16-31(17-7-26)37(32-18-8-27(2)9-19-32)36-38(33-20-10-28(3)11-21-33,34-22-12-29(4)13-23-34)35-24-14-30(5)15-25-35/h6-25H,1-5H3. The molecule has 0 amide bonds. The van der Waals surface area contributed by atoms with Gasteiger partial charge in [0, 0.05) is 0 Å². The summed E-state index contributed by atoms with van der Waals surface area (Å²) in [7, 11) is -4.50. The van der Waals surface area contributed by atoms with Crippen molar-refractivity contribution >= 4 is 43.3 Å². The van der Waals surface area contributed by atoms with Crippen LogP contribution in [0.15, 0.2) is 121 Å². The highest BCUT2D eigenvalue weighted by molar-refractivity contribution is 7.11. The Hall–Kier alpha value is -3.51. The summed E-state index contributed by atoms with van der Waals surface area (Å²) in [6.07, 6.45) is 0. The minimum absolute atomic E-state index is 1.26. The van der Waals surface area contributed by atoms with Crippen molar-refractivity contribution in [2.75, 3.05) is 0 Å². The molecule has 0 N–H and O–H groups in total. The van der Waals surface area contributed by atoms with Crippen LogP contribution in [0.25, 0.3) is 0 Å². The third-order valence-electron chi connectivity index (χ3n) is 7.26. The van der Waals surface area contributed by atoms with Crippen molar-refractivity contribution in [2.45, 2.75) is 34.6 Å². The number of benzene rings is 5. The predicted molar refractivity (Wildman–Crippen MR) is 167 cm³/mol. The second-order valence-electron chi connectivity index (χ2n) is 10.4. The largest absolute Gasteiger partial charge is 0.439 e. The molecule has 0 bridgehead atoms. The number of hydrogen-bond donors (Lipinski definition) is 0. The predicted octanol–water partition coefficient (Wildman–Crippen LogP) is 5.02. The zero-order valence-electron chi connectivity index (χ0n) is 23.0. The van der Waals surface area contributed by atoms with Crippen molar-refractivity contribution in [3.63, 3.8) is 0 Å². The van der Waals surface area contributed by atoms with E-state index in [1.54, 1.807) is 0 Å². The second-order valence-corrected chi connectivity index (χ2v) is 16.2. The van der Waals surface area contributed by atoms with Gasteiger partial charge in [0.15, 0.2) is 0 Å². The SMILES string of the molecule is Cc1ccc([Si](O[Si](c2ccc(C)cc2)(c2ccc(C)cc2)c2ccc(C)cc2)c2ccc(C)cc2)cc1. The van der Waals surface area contributed by atoms with Gasteiger partial charge >= 0.3 is 0 Å². The van der Waals surface area contributed by atoms with Crippen LogP contribution < -0.4 is 25.9 Å². The molecule has 0 saturated heterocycles. The third kappa shape index (κ3) is 5.37. The third-order valence-corrected chi connectivity index (χ3v) is 14.5. The fourth-order valence-electron chi connectivity index (χ4n) is 4.89. The Balaban J connectivity index is 1.80. The van der Waals surface area contributed by atoms with Crippen LogP contribution in [-0.4, -0.2) is 17.4 Å². The molecular weight excluding hydrogens is 493 g/mol. The van der Waals surface area contributed by atoms with Gasteiger partial charge < -0.3 is 4.12 Å². The Morgan fingerprint density at radius 1 is 0.368 bits per heavy atom. The molecule has 0 aromatic heterocycles. The van der Waals surface area contributed by atoms with Gasteiger partial charge in [-0.3, -0.25) is 0 Å². The molecule has 0 fully saturated rings. The van der Waals surface area contributed by atoms with Crippen LogP contribution in [-0.2, 0) is 4.12 Å². The zero-order valence-corrected chi connectivity index (χ0v) is 25.0. The van der Waals surface area contributed by atoms with E-state index >= 15 is 0 Å². The minimum Gasteiger partial charge on any atom is -0.439 e. The van der Waals surface area contributed by atoms with Crippen molar-refractivity contribution < 1.29 is 4.12 Å². The summed E-state index contributed by atoms with van der Waals surface area (Å²) in [5.41, 5.74) is 6.29. The first kappa shape index (κ1) is 26.1. The van der Waals surface area contributed by atoms with E-state index in [2.05, 4.69) is 156 Å². The average Bonchev–Trinajstić information content (AvgIpc) is 2.93. The molecule has 0 aliphatic rings. The topological polar surface area (TPSA) is 9.23 Å². The van der Waals surface area contributed by atoms with Gasteiger partial charge in [0.1, 0.15) is 0 Å². The fourth-order valence-corrected chi connectivity index (χ4v) is 12.7. The van der Waals surface area contributed by atoms with Crippen molar-refractivity contribution in [1.29, 1.82) is 0 Å². The molecule has 1 nitrogen and oxygen atoms in total. The fraction of sp³-hybridized carbons (Fsp3) is 0.143. The van der Waals surface area contributed by atoms with Crippen LogP contribution >= 0.6 is 0 Å². The van der Waals surface area contributed by atoms with E-state index in [9.17, 15) is 0 Å². The summed E-state index contributed by atoms with van der Waals surface area (Å²) in [6.45, 7) is 10.7. The Kier molecular flexibility index (Phi) is 7.61. The molecule has 38 heavy (non-hydrogen) atoms. The van der Waals surface area contributed by atoms with E-state index < -0.39 is 17.4 Å². The van der Waals surface area contributed by atoms with Crippen LogP contribution in [0.2, 0.25) is 0 Å². The molecule has 0 spiro atoms. The van der Waals surface area contributed by atoms with Crippen molar-refractivity contribution in [3.05, 3.63) is 149 Å². The summed E-state index contributed by atoms with van der Waals surface area (Å²) in [4.78, 5) is 0. The molecule has 1 radical (unpaired) electrons. The lowest BCUT2D eigenvalue weighted by atomic mass is 10.2. The van der Waals surface area contributed by atoms with E-state index in [-0.39, 0.29) is 0 Å². The molecule has 3 heteroatoms. The van der Waals surface area contributed by atoms with Gasteiger partial charge in [-0.2, -0.15) is 0 Å². The molecule has 5 rings (SSSR count). The smallest absolute Gasteiger partial charge is 0.278 e. The molecular formula is C35H35OSi2. The van der Waals surface area contributed by atoms with Gasteiger partial charge in [0.05, 0.1) is 0 Å². The summed E-state index contributed by atoms with van der Waals surface area (Å²) < 4.78 is 7.81. The highest BCUT2D eigenvalue weighted by atomic mass is 28.4. The molecule has 0 saturated carbocycles. The van der Waals surface area contributed by atoms with Gasteiger partial charge in [-0.25, -0.2) is 0 Å². The first-order valence-corrected chi connectivity index (χ1v) is 16.6. The average molecular weight is 528 g/mol. The van der Waals surface area contributed by atoms with E-state index in [4.69, 9.17) is 4.12 Å². The Bertz CT molecular complexity index is 1330. The first-order chi connectivity index (χ1) is 18.3. The molecule has 5 aromatic carbocycles. The van der Waals surface area contributed by atoms with Gasteiger partial charge in [-0.1, -0.05) is 149 Å². The monoisotopic (exact) mass is 527 g/mol. The van der Waals surface area contributed by atoms with E-state index in [0.29, 0.717) is 0 Å². The minimum atomic E-state index is -2.90. The van der Waals surface area contributed by atoms with Gasteiger partial charge in [-0.05, 0) is 60.6 Å². The highest BCUT2D eigenvalue weighted by Gasteiger charge is 2.45. The van der Waals surface area contributed by atoms with Crippen LogP contribution in [0.3, 0.4) is 0 Å². The molecule has 5 aromatic rings. The van der Waals surface area contributed by atoms with Crippen molar-refractivity contribution in [1.82, 2.24) is 0 Å². The van der Waals surface area contributed by atoms with E-state index in [1.807, 2.05) is 0 Å². The Morgan fingerprint density at radius 3 is 0.868 bits per heavy atom. The van der Waals surface area contributed by atoms with Crippen molar-refractivity contribution in [3.8, 4) is 0 Å². The summed E-state index contributed by atoms with van der Waals surface area (Å²) in [5.74, 6) is 0. The quantitative estimate of drug-likeness (QED) is 0.213. The maximum Gasteiger partial charge on any atom is 0.278 e. The molecule has 0 aliphatic carbocycles. The number of aryl methyl sites for hydroxylation is 5. The van der Waals surface area contributed by atoms with E-state index in [1.165, 1.54) is 53.8 Å². The van der Waals surface area contributed by atoms with Crippen LogP contribution in [0.4, 0.5) is 0 Å². The summed E-state index contributed by atoms with van der Waals surface area (Å²) >= 11 is 0. The highest BCUT2D eigenvalue weighted by Crippen LogP contribution is 2.15. The lowest BCUT2D eigenvalue weighted by Crippen LogP contribution is -2.73. The lowest BCUT2D eigenvalue weighted by molar-refractivity contribution is 0.616. The van der Waals surface area contributed by atoms with Gasteiger partial charge in [-0.15, -0.1) is 0 Å². The molecule has 0 unspecified atom stereocenters. The maximum atomic E-state index is 7.81. The summed E-state index contributed by atoms with van der Waals surface area (Å²) in [5, 5.41) is 6.37. The molecule has 0 heterocycles.